The van der Waals surface area contributed by atoms with Crippen molar-refractivity contribution in [1.82, 2.24) is 10.2 Å². The number of nitrogens with zero attached hydrogens (tertiary/aromatic N) is 3. The molecule has 3 rings (SSSR count). The van der Waals surface area contributed by atoms with E-state index in [1.54, 1.807) is 6.07 Å². The first-order valence-corrected chi connectivity index (χ1v) is 10.8. The van der Waals surface area contributed by atoms with Crippen LogP contribution >= 0.6 is 12.2 Å². The van der Waals surface area contributed by atoms with Gasteiger partial charge >= 0.3 is 0 Å². The number of carbonyl (C=O) groups is 2. The van der Waals surface area contributed by atoms with Gasteiger partial charge in [-0.3, -0.25) is 25.0 Å². The Hall–Kier alpha value is -3.53. The summed E-state index contributed by atoms with van der Waals surface area (Å²) in [6.07, 6.45) is 1.45. The number of benzene rings is 2. The van der Waals surface area contributed by atoms with Crippen LogP contribution in [0.1, 0.15) is 30.1 Å². The van der Waals surface area contributed by atoms with E-state index in [4.69, 9.17) is 12.2 Å². The van der Waals surface area contributed by atoms with Crippen LogP contribution in [0.4, 0.5) is 17.1 Å². The minimum Gasteiger partial charge on any atom is -0.368 e. The van der Waals surface area contributed by atoms with Crippen LogP contribution < -0.4 is 15.5 Å². The van der Waals surface area contributed by atoms with Crippen LogP contribution in [0.2, 0.25) is 0 Å². The summed E-state index contributed by atoms with van der Waals surface area (Å²) in [5.41, 5.74) is 1.37. The predicted molar refractivity (Wildman–Crippen MR) is 127 cm³/mol. The van der Waals surface area contributed by atoms with Gasteiger partial charge in [0.25, 0.3) is 11.6 Å². The Morgan fingerprint density at radius 1 is 1.06 bits per heavy atom. The van der Waals surface area contributed by atoms with Gasteiger partial charge in [0.2, 0.25) is 5.91 Å². The molecule has 0 atom stereocenters. The van der Waals surface area contributed by atoms with Gasteiger partial charge in [0.05, 0.1) is 4.92 Å². The number of nitro groups is 1. The monoisotopic (exact) mass is 455 g/mol. The molecule has 1 heterocycles. The van der Waals surface area contributed by atoms with Gasteiger partial charge in [-0.1, -0.05) is 19.1 Å². The SMILES string of the molecule is CCCC(=O)N1CCN(c2ccc(NC(=S)NC(=O)c3ccccc3[N+](=O)[O-])cc2)CC1. The molecule has 0 aliphatic carbocycles. The number of nitro benzene ring substituents is 1. The molecular weight excluding hydrogens is 430 g/mol. The minimum absolute atomic E-state index is 0.0453. The summed E-state index contributed by atoms with van der Waals surface area (Å²) in [7, 11) is 0. The molecular formula is C22H25N5O4S. The van der Waals surface area contributed by atoms with Crippen LogP contribution in [0.25, 0.3) is 0 Å². The quantitative estimate of drug-likeness (QED) is 0.391. The van der Waals surface area contributed by atoms with Gasteiger partial charge in [-0.2, -0.15) is 0 Å². The standard InChI is InChI=1S/C22H25N5O4S/c1-2-5-20(28)26-14-12-25(13-15-26)17-10-8-16(9-11-17)23-22(32)24-21(29)18-6-3-4-7-19(18)27(30)31/h3-4,6-11H,2,5,12-15H2,1H3,(H2,23,24,29,32). The zero-order chi connectivity index (χ0) is 23.1. The molecule has 2 aromatic rings. The maximum absolute atomic E-state index is 12.4. The summed E-state index contributed by atoms with van der Waals surface area (Å²) in [4.78, 5) is 39.0. The van der Waals surface area contributed by atoms with Crippen molar-refractivity contribution in [2.75, 3.05) is 36.4 Å². The number of piperazine rings is 1. The van der Waals surface area contributed by atoms with Crippen LogP contribution in [0.15, 0.2) is 48.5 Å². The Balaban J connectivity index is 1.54. The van der Waals surface area contributed by atoms with Crippen molar-refractivity contribution < 1.29 is 14.5 Å². The highest BCUT2D eigenvalue weighted by molar-refractivity contribution is 7.80. The Bertz CT molecular complexity index is 1000. The lowest BCUT2D eigenvalue weighted by molar-refractivity contribution is -0.385. The molecule has 32 heavy (non-hydrogen) atoms. The fourth-order valence-electron chi connectivity index (χ4n) is 3.50. The van der Waals surface area contributed by atoms with Gasteiger partial charge in [0, 0.05) is 50.0 Å². The van der Waals surface area contributed by atoms with E-state index in [0.717, 1.165) is 25.2 Å². The number of hydrogen-bond donors (Lipinski definition) is 2. The number of anilines is 2. The number of rotatable bonds is 6. The second-order valence-electron chi connectivity index (χ2n) is 7.35. The summed E-state index contributed by atoms with van der Waals surface area (Å²) >= 11 is 5.18. The normalized spacial score (nSPS) is 13.4. The number of hydrogen-bond acceptors (Lipinski definition) is 6. The van der Waals surface area contributed by atoms with Crippen LogP contribution in [0, 0.1) is 10.1 Å². The lowest BCUT2D eigenvalue weighted by atomic mass is 10.1. The van der Waals surface area contributed by atoms with E-state index in [9.17, 15) is 19.7 Å². The fourth-order valence-corrected chi connectivity index (χ4v) is 3.71. The topological polar surface area (TPSA) is 108 Å². The van der Waals surface area contributed by atoms with E-state index in [-0.39, 0.29) is 22.3 Å². The van der Waals surface area contributed by atoms with Crippen molar-refractivity contribution in [3.63, 3.8) is 0 Å². The molecule has 1 saturated heterocycles. The summed E-state index contributed by atoms with van der Waals surface area (Å²) < 4.78 is 0. The Kier molecular flexibility index (Phi) is 7.72. The third-order valence-electron chi connectivity index (χ3n) is 5.16. The molecule has 0 aromatic heterocycles. The minimum atomic E-state index is -0.651. The smallest absolute Gasteiger partial charge is 0.282 e. The zero-order valence-electron chi connectivity index (χ0n) is 17.7. The second kappa shape index (κ2) is 10.7. The van der Waals surface area contributed by atoms with Crippen LogP contribution in [0.3, 0.4) is 0 Å². The van der Waals surface area contributed by atoms with Gasteiger partial charge in [-0.15, -0.1) is 0 Å². The van der Waals surface area contributed by atoms with Crippen molar-refractivity contribution in [2.45, 2.75) is 19.8 Å². The highest BCUT2D eigenvalue weighted by Crippen LogP contribution is 2.20. The third kappa shape index (κ3) is 5.79. The highest BCUT2D eigenvalue weighted by atomic mass is 32.1. The molecule has 0 spiro atoms. The molecule has 9 nitrogen and oxygen atoms in total. The zero-order valence-corrected chi connectivity index (χ0v) is 18.6. The molecule has 10 heteroatoms. The lowest BCUT2D eigenvalue weighted by Gasteiger charge is -2.36. The first kappa shape index (κ1) is 23.1. The molecule has 168 valence electrons. The van der Waals surface area contributed by atoms with Gasteiger partial charge in [0.15, 0.2) is 5.11 Å². The predicted octanol–water partition coefficient (Wildman–Crippen LogP) is 3.17. The van der Waals surface area contributed by atoms with Crippen LogP contribution in [-0.4, -0.2) is 52.9 Å². The Labute approximate surface area is 191 Å². The van der Waals surface area contributed by atoms with E-state index < -0.39 is 10.8 Å². The van der Waals surface area contributed by atoms with Crippen molar-refractivity contribution in [3.8, 4) is 0 Å². The number of carbonyl (C=O) groups excluding carboxylic acids is 2. The van der Waals surface area contributed by atoms with E-state index in [0.29, 0.717) is 25.2 Å². The number of para-hydroxylation sites is 1. The Morgan fingerprint density at radius 3 is 2.34 bits per heavy atom. The maximum atomic E-state index is 12.4. The lowest BCUT2D eigenvalue weighted by Crippen LogP contribution is -2.48. The van der Waals surface area contributed by atoms with Crippen LogP contribution in [-0.2, 0) is 4.79 Å². The Morgan fingerprint density at radius 2 is 1.72 bits per heavy atom. The van der Waals surface area contributed by atoms with Crippen molar-refractivity contribution >= 4 is 46.2 Å². The molecule has 1 aliphatic rings. The maximum Gasteiger partial charge on any atom is 0.282 e. The van der Waals surface area contributed by atoms with Crippen LogP contribution in [0.5, 0.6) is 0 Å². The molecule has 0 saturated carbocycles. The van der Waals surface area contributed by atoms with E-state index in [1.165, 1.54) is 18.2 Å². The van der Waals surface area contributed by atoms with Crippen molar-refractivity contribution in [3.05, 3.63) is 64.2 Å². The first-order valence-electron chi connectivity index (χ1n) is 10.4. The van der Waals surface area contributed by atoms with Gasteiger partial charge in [-0.05, 0) is 49.0 Å². The largest absolute Gasteiger partial charge is 0.368 e. The molecule has 2 aromatic carbocycles. The summed E-state index contributed by atoms with van der Waals surface area (Å²) in [6.45, 7) is 4.96. The second-order valence-corrected chi connectivity index (χ2v) is 7.76. The molecule has 1 aliphatic heterocycles. The average Bonchev–Trinajstić information content (AvgIpc) is 2.79. The fraction of sp³-hybridized carbons (Fsp3) is 0.318. The molecule has 0 unspecified atom stereocenters. The summed E-state index contributed by atoms with van der Waals surface area (Å²) in [6, 6.07) is 13.3. The van der Waals surface area contributed by atoms with Crippen molar-refractivity contribution in [1.29, 1.82) is 0 Å². The van der Waals surface area contributed by atoms with E-state index in [1.807, 2.05) is 36.1 Å². The summed E-state index contributed by atoms with van der Waals surface area (Å²) in [5.74, 6) is -0.440. The molecule has 2 amide bonds. The highest BCUT2D eigenvalue weighted by Gasteiger charge is 2.21. The third-order valence-corrected chi connectivity index (χ3v) is 5.36. The molecule has 0 bridgehead atoms. The first-order chi connectivity index (χ1) is 15.4. The van der Waals surface area contributed by atoms with Crippen molar-refractivity contribution in [2.24, 2.45) is 0 Å². The van der Waals surface area contributed by atoms with Gasteiger partial charge < -0.3 is 15.1 Å². The molecule has 0 radical (unpaired) electrons. The van der Waals surface area contributed by atoms with E-state index >= 15 is 0 Å². The molecule has 1 fully saturated rings. The van der Waals surface area contributed by atoms with Gasteiger partial charge in [0.1, 0.15) is 5.56 Å². The number of amides is 2. The number of nitrogens with one attached hydrogen (secondary N) is 2. The molecule has 2 N–H and O–H groups in total. The van der Waals surface area contributed by atoms with Gasteiger partial charge in [-0.25, -0.2) is 0 Å². The number of thiocarbonyl (C=S) groups is 1. The van der Waals surface area contributed by atoms with E-state index in [2.05, 4.69) is 15.5 Å². The summed E-state index contributed by atoms with van der Waals surface area (Å²) in [5, 5.41) is 16.5. The average molecular weight is 456 g/mol.